The van der Waals surface area contributed by atoms with Gasteiger partial charge < -0.3 is 9.66 Å². The molecule has 0 aliphatic carbocycles. The van der Waals surface area contributed by atoms with Crippen LogP contribution >= 0.6 is 0 Å². The maximum Gasteiger partial charge on any atom is 1.00 e. The summed E-state index contributed by atoms with van der Waals surface area (Å²) < 4.78 is 32.7. The van der Waals surface area contributed by atoms with Gasteiger partial charge in [-0.3, -0.25) is 14.5 Å². The Morgan fingerprint density at radius 2 is 1.90 bits per heavy atom. The molecule has 21 heavy (non-hydrogen) atoms. The number of nitrogens with zero attached hydrogens (tertiary/aromatic N) is 1. The number of benzene rings is 1. The molecule has 0 aromatic heterocycles. The van der Waals surface area contributed by atoms with Crippen LogP contribution in [0, 0.1) is 0 Å². The van der Waals surface area contributed by atoms with E-state index in [-0.39, 0.29) is 40.8 Å². The van der Waals surface area contributed by atoms with Crippen LogP contribution in [0.2, 0.25) is 0 Å². The van der Waals surface area contributed by atoms with Gasteiger partial charge in [0.25, 0.3) is 11.7 Å². The number of carbonyl (C=O) groups is 3. The zero-order valence-corrected chi connectivity index (χ0v) is 13.9. The van der Waals surface area contributed by atoms with Crippen LogP contribution in [0.5, 0.6) is 0 Å². The number of amides is 1. The topological polar surface area (TPSA) is 132 Å². The van der Waals surface area contributed by atoms with Crippen molar-refractivity contribution in [2.75, 3.05) is 4.90 Å². The molecule has 0 radical (unpaired) electrons. The van der Waals surface area contributed by atoms with Gasteiger partial charge in [-0.25, -0.2) is 13.2 Å². The van der Waals surface area contributed by atoms with Crippen molar-refractivity contribution in [2.45, 2.75) is 17.9 Å². The number of hydrogen-bond acceptors (Lipinski definition) is 6. The second-order valence-corrected chi connectivity index (χ2v) is 5.53. The van der Waals surface area contributed by atoms with Crippen molar-refractivity contribution in [3.63, 3.8) is 0 Å². The molecule has 1 aromatic carbocycles. The average Bonchev–Trinajstić information content (AvgIpc) is 2.60. The van der Waals surface area contributed by atoms with E-state index in [0.29, 0.717) is 0 Å². The molecule has 0 saturated carbocycles. The van der Waals surface area contributed by atoms with Crippen molar-refractivity contribution in [3.8, 4) is 0 Å². The van der Waals surface area contributed by atoms with Gasteiger partial charge in [0.05, 0.1) is 16.1 Å². The number of anilines is 1. The van der Waals surface area contributed by atoms with Crippen molar-refractivity contribution >= 4 is 33.5 Å². The third kappa shape index (κ3) is 3.01. The molecule has 1 aromatic rings. The third-order valence-corrected chi connectivity index (χ3v) is 3.75. The fourth-order valence-electron chi connectivity index (χ4n) is 1.89. The molecule has 1 amide bonds. The Morgan fingerprint density at radius 1 is 1.33 bits per heavy atom. The van der Waals surface area contributed by atoms with E-state index in [2.05, 4.69) is 0 Å². The van der Waals surface area contributed by atoms with E-state index in [0.717, 1.165) is 23.1 Å². The Hall–Kier alpha value is -1.26. The Labute approximate surface area is 141 Å². The molecule has 8 nitrogen and oxygen atoms in total. The van der Waals surface area contributed by atoms with Gasteiger partial charge in [0.15, 0.2) is 0 Å². The van der Waals surface area contributed by atoms with Gasteiger partial charge in [0.2, 0.25) is 0 Å². The maximum absolute atomic E-state index is 11.8. The fraction of sp³-hybridized carbons (Fsp3) is 0.182. The summed E-state index contributed by atoms with van der Waals surface area (Å²) in [6.07, 6.45) is 0. The van der Waals surface area contributed by atoms with Crippen LogP contribution in [0.25, 0.3) is 0 Å². The largest absolute Gasteiger partial charge is 1.00 e. The van der Waals surface area contributed by atoms with E-state index in [1.807, 2.05) is 0 Å². The van der Waals surface area contributed by atoms with Crippen molar-refractivity contribution in [2.24, 2.45) is 0 Å². The van der Waals surface area contributed by atoms with Gasteiger partial charge in [-0.05, 0) is 25.1 Å². The van der Waals surface area contributed by atoms with E-state index >= 15 is 0 Å². The summed E-state index contributed by atoms with van der Waals surface area (Å²) in [6, 6.07) is 1.49. The van der Waals surface area contributed by atoms with E-state index in [1.165, 1.54) is 6.92 Å². The predicted molar refractivity (Wildman–Crippen MR) is 63.3 cm³/mol. The number of carbonyl (C=O) groups excluding carboxylic acids is 2. The number of hydrogen-bond donors (Lipinski definition) is 1. The van der Waals surface area contributed by atoms with Crippen LogP contribution in [-0.2, 0) is 19.7 Å². The van der Waals surface area contributed by atoms with Crippen LogP contribution in [0.3, 0.4) is 0 Å². The van der Waals surface area contributed by atoms with Gasteiger partial charge in [-0.2, -0.15) is 0 Å². The zero-order chi connectivity index (χ0) is 15.2. The monoisotopic (exact) mass is 321 g/mol. The Balaban J connectivity index is 0.00000220. The second kappa shape index (κ2) is 5.85. The first kappa shape index (κ1) is 17.8. The van der Waals surface area contributed by atoms with Crippen molar-refractivity contribution < 1.29 is 62.0 Å². The molecule has 106 valence electrons. The molecule has 1 heterocycles. The molecular formula is C11H8NNaO7S. The van der Waals surface area contributed by atoms with Crippen molar-refractivity contribution in [1.82, 2.24) is 0 Å². The molecule has 2 rings (SSSR count). The minimum absolute atomic E-state index is 0. The summed E-state index contributed by atoms with van der Waals surface area (Å²) >= 11 is 0. The molecule has 1 unspecified atom stereocenters. The van der Waals surface area contributed by atoms with Gasteiger partial charge in [0.1, 0.15) is 16.2 Å². The van der Waals surface area contributed by atoms with Gasteiger partial charge in [0, 0.05) is 0 Å². The Morgan fingerprint density at radius 3 is 2.38 bits per heavy atom. The smallest absolute Gasteiger partial charge is 0.744 e. The molecule has 10 heteroatoms. The number of carboxylic acid groups (broad SMARTS) is 1. The van der Waals surface area contributed by atoms with Gasteiger partial charge in [-0.15, -0.1) is 0 Å². The first-order valence-corrected chi connectivity index (χ1v) is 6.76. The van der Waals surface area contributed by atoms with Crippen molar-refractivity contribution in [1.29, 1.82) is 0 Å². The van der Waals surface area contributed by atoms with E-state index < -0.39 is 38.7 Å². The molecule has 0 fully saturated rings. The van der Waals surface area contributed by atoms with Crippen LogP contribution < -0.4 is 34.5 Å². The predicted octanol–water partition coefficient (Wildman–Crippen LogP) is -3.40. The molecule has 1 aliphatic heterocycles. The molecule has 0 saturated heterocycles. The Kier molecular flexibility index (Phi) is 4.96. The van der Waals surface area contributed by atoms with Crippen LogP contribution in [-0.4, -0.2) is 41.8 Å². The first-order chi connectivity index (χ1) is 9.14. The molecular weight excluding hydrogens is 313 g/mol. The first-order valence-electron chi connectivity index (χ1n) is 5.35. The number of ketones is 1. The minimum Gasteiger partial charge on any atom is -0.744 e. The second-order valence-electron chi connectivity index (χ2n) is 4.15. The summed E-state index contributed by atoms with van der Waals surface area (Å²) in [5.41, 5.74) is -0.317. The number of rotatable bonds is 3. The van der Waals surface area contributed by atoms with Crippen LogP contribution in [0.15, 0.2) is 23.1 Å². The molecule has 0 spiro atoms. The summed E-state index contributed by atoms with van der Waals surface area (Å²) in [4.78, 5) is 34.5. The summed E-state index contributed by atoms with van der Waals surface area (Å²) in [6.45, 7) is 1.21. The Bertz CT molecular complexity index is 743. The van der Waals surface area contributed by atoms with Gasteiger partial charge >= 0.3 is 35.5 Å². The van der Waals surface area contributed by atoms with Crippen molar-refractivity contribution in [3.05, 3.63) is 23.8 Å². The normalized spacial score (nSPS) is 15.4. The van der Waals surface area contributed by atoms with Gasteiger partial charge in [-0.1, -0.05) is 0 Å². The summed E-state index contributed by atoms with van der Waals surface area (Å²) in [5.74, 6) is -3.44. The van der Waals surface area contributed by atoms with Crippen LogP contribution in [0.1, 0.15) is 17.3 Å². The van der Waals surface area contributed by atoms with Crippen LogP contribution in [0.4, 0.5) is 5.69 Å². The van der Waals surface area contributed by atoms with E-state index in [4.69, 9.17) is 5.11 Å². The summed E-state index contributed by atoms with van der Waals surface area (Å²) in [7, 11) is -4.77. The van der Waals surface area contributed by atoms with E-state index in [9.17, 15) is 27.4 Å². The SMILES string of the molecule is CC(C(=O)O)N1C(=O)C(=O)c2cc(S(=O)(=O)[O-])ccc21.[Na+]. The third-order valence-electron chi connectivity index (χ3n) is 2.92. The molecule has 1 aliphatic rings. The standard InChI is InChI=1S/C11H9NO7S.Na/c1-5(11(15)16)12-8-3-2-6(20(17,18)19)4-7(8)9(13)10(12)14;/h2-5H,1H3,(H,15,16)(H,17,18,19);/q;+1/p-1. The molecule has 0 bridgehead atoms. The quantitative estimate of drug-likeness (QED) is 0.348. The zero-order valence-electron chi connectivity index (χ0n) is 11.1. The van der Waals surface area contributed by atoms with E-state index in [1.54, 1.807) is 0 Å². The number of carboxylic acids is 1. The summed E-state index contributed by atoms with van der Waals surface area (Å²) in [5, 5.41) is 8.90. The molecule has 1 atom stereocenters. The number of Topliss-reactive ketones (excluding diaryl/α,β-unsaturated/α-hetero) is 1. The average molecular weight is 321 g/mol. The number of aliphatic carboxylic acids is 1. The fourth-order valence-corrected chi connectivity index (χ4v) is 2.39. The maximum atomic E-state index is 11.8. The minimum atomic E-state index is -4.77. The number of fused-ring (bicyclic) bond motifs is 1. The molecule has 1 N–H and O–H groups in total.